The Bertz CT molecular complexity index is 949. The quantitative estimate of drug-likeness (QED) is 0.818. The van der Waals surface area contributed by atoms with E-state index in [1.807, 2.05) is 6.07 Å². The predicted octanol–water partition coefficient (Wildman–Crippen LogP) is 4.43. The van der Waals surface area contributed by atoms with Gasteiger partial charge in [0.05, 0.1) is 23.7 Å². The third-order valence-corrected chi connectivity index (χ3v) is 4.06. The highest BCUT2D eigenvalue weighted by atomic mass is 19.4. The van der Waals surface area contributed by atoms with Crippen molar-refractivity contribution in [2.45, 2.75) is 25.1 Å². The van der Waals surface area contributed by atoms with Crippen LogP contribution in [0.3, 0.4) is 0 Å². The summed E-state index contributed by atoms with van der Waals surface area (Å²) in [5, 5.41) is 23.6. The molecule has 0 bridgehead atoms. The maximum Gasteiger partial charge on any atom is 0.419 e. The highest BCUT2D eigenvalue weighted by Crippen LogP contribution is 2.38. The third-order valence-electron chi connectivity index (χ3n) is 4.06. The highest BCUT2D eigenvalue weighted by Gasteiger charge is 2.34. The molecule has 0 radical (unpaired) electrons. The number of carboxylic acid groups (broad SMARTS) is 1. The average Bonchev–Trinajstić information content (AvgIpc) is 3.04. The molecule has 1 unspecified atom stereocenters. The van der Waals surface area contributed by atoms with E-state index in [9.17, 15) is 18.0 Å². The minimum absolute atomic E-state index is 0.180. The lowest BCUT2D eigenvalue weighted by Crippen LogP contribution is -2.28. The van der Waals surface area contributed by atoms with Gasteiger partial charge in [-0.25, -0.2) is 0 Å². The van der Waals surface area contributed by atoms with E-state index in [0.717, 1.165) is 6.07 Å². The van der Waals surface area contributed by atoms with Crippen LogP contribution in [0, 0.1) is 11.3 Å². The number of carboxylic acids is 1. The fourth-order valence-corrected chi connectivity index (χ4v) is 2.84. The van der Waals surface area contributed by atoms with Crippen LogP contribution in [0.25, 0.3) is 0 Å². The van der Waals surface area contributed by atoms with Gasteiger partial charge in [-0.1, -0.05) is 12.1 Å². The van der Waals surface area contributed by atoms with Gasteiger partial charge >= 0.3 is 12.1 Å². The van der Waals surface area contributed by atoms with Gasteiger partial charge in [-0.15, -0.1) is 0 Å². The zero-order chi connectivity index (χ0) is 20.3. The summed E-state index contributed by atoms with van der Waals surface area (Å²) < 4.78 is 44.6. The summed E-state index contributed by atoms with van der Waals surface area (Å²) in [6, 6.07) is 12.3. The van der Waals surface area contributed by atoms with Crippen LogP contribution in [-0.2, 0) is 11.0 Å². The number of hydrogen-bond acceptors (Lipinski definition) is 5. The third kappa shape index (κ3) is 4.23. The summed E-state index contributed by atoms with van der Waals surface area (Å²) in [5.74, 6) is -1.16. The Labute approximate surface area is 158 Å². The molecule has 1 aliphatic heterocycles. The predicted molar refractivity (Wildman–Crippen MR) is 94.1 cm³/mol. The topological polar surface area (TPSA) is 85.9 Å². The first kappa shape index (κ1) is 19.2. The first-order chi connectivity index (χ1) is 13.3. The van der Waals surface area contributed by atoms with E-state index in [1.165, 1.54) is 35.3 Å². The molecule has 0 aliphatic carbocycles. The first-order valence-corrected chi connectivity index (χ1v) is 8.20. The molecule has 6 nitrogen and oxygen atoms in total. The van der Waals surface area contributed by atoms with E-state index in [-0.39, 0.29) is 30.1 Å². The van der Waals surface area contributed by atoms with Gasteiger partial charge in [-0.05, 0) is 36.4 Å². The fourth-order valence-electron chi connectivity index (χ4n) is 2.84. The van der Waals surface area contributed by atoms with E-state index in [4.69, 9.17) is 15.1 Å². The lowest BCUT2D eigenvalue weighted by atomic mass is 10.1. The van der Waals surface area contributed by atoms with E-state index in [2.05, 4.69) is 5.10 Å². The van der Waals surface area contributed by atoms with Crippen LogP contribution < -0.4 is 9.75 Å². The van der Waals surface area contributed by atoms with Crippen molar-refractivity contribution < 1.29 is 27.8 Å². The Morgan fingerprint density at radius 2 is 1.93 bits per heavy atom. The van der Waals surface area contributed by atoms with Gasteiger partial charge in [0.1, 0.15) is 23.3 Å². The molecular formula is C19H14F3N3O3. The van der Waals surface area contributed by atoms with Gasteiger partial charge in [0, 0.05) is 6.42 Å². The number of anilines is 1. The summed E-state index contributed by atoms with van der Waals surface area (Å²) in [5.41, 5.74) is -0.165. The summed E-state index contributed by atoms with van der Waals surface area (Å²) in [6.45, 7) is 0. The van der Waals surface area contributed by atoms with E-state index in [1.54, 1.807) is 12.1 Å². The lowest BCUT2D eigenvalue weighted by Gasteiger charge is -2.22. The molecule has 1 heterocycles. The molecule has 144 valence electrons. The fraction of sp³-hybridized carbons (Fsp3) is 0.211. The maximum absolute atomic E-state index is 13.1. The van der Waals surface area contributed by atoms with Crippen LogP contribution in [0.15, 0.2) is 53.6 Å². The number of nitrogens with zero attached hydrogens (tertiary/aromatic N) is 3. The molecule has 1 aliphatic rings. The Balaban J connectivity index is 1.82. The molecule has 2 aromatic carbocycles. The number of benzene rings is 2. The van der Waals surface area contributed by atoms with Crippen LogP contribution in [0.1, 0.15) is 18.4 Å². The van der Waals surface area contributed by atoms with Crippen molar-refractivity contribution in [1.82, 2.24) is 0 Å². The van der Waals surface area contributed by atoms with Crippen LogP contribution >= 0.6 is 0 Å². The van der Waals surface area contributed by atoms with Crippen molar-refractivity contribution in [2.24, 2.45) is 5.10 Å². The largest absolute Gasteiger partial charge is 0.481 e. The number of alkyl halides is 3. The van der Waals surface area contributed by atoms with Crippen molar-refractivity contribution in [2.75, 3.05) is 5.01 Å². The van der Waals surface area contributed by atoms with Crippen molar-refractivity contribution in [3.63, 3.8) is 0 Å². The number of hydrogen-bond donors (Lipinski definition) is 1. The molecule has 0 fully saturated rings. The molecule has 1 N–H and O–H groups in total. The number of ether oxygens (including phenoxy) is 1. The monoisotopic (exact) mass is 389 g/mol. The van der Waals surface area contributed by atoms with Gasteiger partial charge in [-0.2, -0.15) is 23.5 Å². The normalized spacial score (nSPS) is 16.4. The van der Waals surface area contributed by atoms with Gasteiger partial charge in [0.2, 0.25) is 0 Å². The Morgan fingerprint density at radius 1 is 1.25 bits per heavy atom. The van der Waals surface area contributed by atoms with Crippen molar-refractivity contribution >= 4 is 17.4 Å². The minimum Gasteiger partial charge on any atom is -0.481 e. The van der Waals surface area contributed by atoms with Gasteiger partial charge in [-0.3, -0.25) is 9.80 Å². The molecule has 0 aromatic heterocycles. The molecule has 9 heteroatoms. The van der Waals surface area contributed by atoms with Crippen molar-refractivity contribution in [1.29, 1.82) is 5.26 Å². The summed E-state index contributed by atoms with van der Waals surface area (Å²) in [7, 11) is 0. The Kier molecular flexibility index (Phi) is 5.22. The molecular weight excluding hydrogens is 375 g/mol. The van der Waals surface area contributed by atoms with Crippen LogP contribution in [0.4, 0.5) is 18.9 Å². The average molecular weight is 389 g/mol. The van der Waals surface area contributed by atoms with E-state index < -0.39 is 23.8 Å². The molecule has 0 saturated heterocycles. The standard InChI is InChI=1S/C19H14F3N3O3/c20-19(21,22)16-3-1-2-4-17(16)28-15-7-5-13(6-8-15)25-14(10-18(26)27)9-12(11-23)24-25/h1-8,14H,9-10H2,(H,26,27). The number of para-hydroxylation sites is 1. The number of rotatable bonds is 5. The summed E-state index contributed by atoms with van der Waals surface area (Å²) in [6.07, 6.45) is -4.54. The van der Waals surface area contributed by atoms with Gasteiger partial charge in [0.15, 0.2) is 0 Å². The SMILES string of the molecule is N#CC1=NN(c2ccc(Oc3ccccc3C(F)(F)F)cc2)C(CC(=O)O)C1. The van der Waals surface area contributed by atoms with E-state index in [0.29, 0.717) is 5.69 Å². The zero-order valence-corrected chi connectivity index (χ0v) is 14.3. The number of carbonyl (C=O) groups is 1. The second kappa shape index (κ2) is 7.60. The maximum atomic E-state index is 13.1. The number of nitriles is 1. The van der Waals surface area contributed by atoms with Gasteiger partial charge in [0.25, 0.3) is 0 Å². The molecule has 0 spiro atoms. The molecule has 0 saturated carbocycles. The van der Waals surface area contributed by atoms with Gasteiger partial charge < -0.3 is 9.84 Å². The molecule has 28 heavy (non-hydrogen) atoms. The molecule has 2 aromatic rings. The van der Waals surface area contributed by atoms with E-state index >= 15 is 0 Å². The van der Waals surface area contributed by atoms with Crippen molar-refractivity contribution in [3.8, 4) is 17.6 Å². The Hall–Kier alpha value is -3.54. The molecule has 1 atom stereocenters. The van der Waals surface area contributed by atoms with Crippen molar-refractivity contribution in [3.05, 3.63) is 54.1 Å². The van der Waals surface area contributed by atoms with Crippen LogP contribution in [0.2, 0.25) is 0 Å². The molecule has 3 rings (SSSR count). The minimum atomic E-state index is -4.54. The number of hydrazone groups is 1. The highest BCUT2D eigenvalue weighted by molar-refractivity contribution is 6.01. The molecule has 0 amide bonds. The zero-order valence-electron chi connectivity index (χ0n) is 14.3. The Morgan fingerprint density at radius 3 is 2.54 bits per heavy atom. The number of halogens is 3. The summed E-state index contributed by atoms with van der Waals surface area (Å²) >= 11 is 0. The first-order valence-electron chi connectivity index (χ1n) is 8.20. The summed E-state index contributed by atoms with van der Waals surface area (Å²) in [4.78, 5) is 11.0. The second-order valence-electron chi connectivity index (χ2n) is 6.05. The van der Waals surface area contributed by atoms with Crippen LogP contribution in [-0.4, -0.2) is 22.8 Å². The smallest absolute Gasteiger partial charge is 0.419 e. The number of aliphatic carboxylic acids is 1. The second-order valence-corrected chi connectivity index (χ2v) is 6.05. The lowest BCUT2D eigenvalue weighted by molar-refractivity contribution is -0.139. The van der Waals surface area contributed by atoms with Crippen LogP contribution in [0.5, 0.6) is 11.5 Å².